The van der Waals surface area contributed by atoms with Crippen LogP contribution in [-0.4, -0.2) is 33.5 Å². The topological polar surface area (TPSA) is 18.5 Å². The molecule has 2 nitrogen and oxygen atoms in total. The maximum atomic E-state index is 5.93. The Hall–Kier alpha value is 1.88. The lowest BCUT2D eigenvalue weighted by Crippen LogP contribution is -2.13. The van der Waals surface area contributed by atoms with Gasteiger partial charge in [0.15, 0.2) is 0 Å². The first-order chi connectivity index (χ1) is 14.2. The number of alkyl halides is 4. The van der Waals surface area contributed by atoms with Gasteiger partial charge in [0, 0.05) is 10.7 Å². The number of hydrogen-bond donors (Lipinski definition) is 0. The molecule has 0 fully saturated rings. The third-order valence-electron chi connectivity index (χ3n) is 3.97. The normalized spacial score (nSPS) is 13.2. The van der Waals surface area contributed by atoms with Crippen LogP contribution >= 0.6 is 127 Å². The van der Waals surface area contributed by atoms with Gasteiger partial charge >= 0.3 is 0 Å². The van der Waals surface area contributed by atoms with Crippen LogP contribution < -0.4 is 9.47 Å². The molecule has 2 atom stereocenters. The number of hydrogen-bond acceptors (Lipinski definition) is 2. The van der Waals surface area contributed by atoms with Crippen molar-refractivity contribution in [3.8, 4) is 11.5 Å². The zero-order valence-corrected chi connectivity index (χ0v) is 28.2. The smallest absolute Gasteiger partial charge is 0.147 e. The van der Waals surface area contributed by atoms with Gasteiger partial charge in [-0.05, 0) is 112 Å². The summed E-state index contributed by atoms with van der Waals surface area (Å²) in [4.78, 5) is 0.527. The molecular weight excluding hydrogens is 911 g/mol. The lowest BCUT2D eigenvalue weighted by atomic mass is 10.0. The predicted octanol–water partition coefficient (Wildman–Crippen LogP) is 9.60. The summed E-state index contributed by atoms with van der Waals surface area (Å²) in [6.07, 6.45) is 1.82. The molecule has 2 aromatic carbocycles. The van der Waals surface area contributed by atoms with E-state index in [9.17, 15) is 0 Å². The highest BCUT2D eigenvalue weighted by Crippen LogP contribution is 2.37. The van der Waals surface area contributed by atoms with Gasteiger partial charge in [-0.3, -0.25) is 0 Å². The number of rotatable bonds is 11. The lowest BCUT2D eigenvalue weighted by Gasteiger charge is -2.15. The Kier molecular flexibility index (Phi) is 13.4. The SMILES string of the molecule is BrCC(Br)COc1c(Br)cc(CCc2cc(Br)c(OCC(Br)CBr)c(Br)c2)cc1Br. The number of halogens is 8. The molecule has 30 heavy (non-hydrogen) atoms. The molecule has 0 N–H and O–H groups in total. The van der Waals surface area contributed by atoms with Crippen LogP contribution in [0.15, 0.2) is 42.2 Å². The lowest BCUT2D eigenvalue weighted by molar-refractivity contribution is 0.321. The minimum absolute atomic E-state index is 0.264. The van der Waals surface area contributed by atoms with Crippen molar-refractivity contribution in [2.24, 2.45) is 0 Å². The molecule has 0 heterocycles. The van der Waals surface area contributed by atoms with Crippen molar-refractivity contribution < 1.29 is 9.47 Å². The maximum absolute atomic E-state index is 5.93. The first-order valence-electron chi connectivity index (χ1n) is 8.86. The fourth-order valence-corrected chi connectivity index (χ4v) is 6.17. The molecule has 0 aliphatic rings. The number of aryl methyl sites for hydroxylation is 2. The number of benzene rings is 2. The zero-order chi connectivity index (χ0) is 22.3. The van der Waals surface area contributed by atoms with Gasteiger partial charge in [0.25, 0.3) is 0 Å². The van der Waals surface area contributed by atoms with E-state index in [4.69, 9.17) is 9.47 Å². The second-order valence-corrected chi connectivity index (χ2v) is 13.7. The van der Waals surface area contributed by atoms with Crippen LogP contribution in [0.5, 0.6) is 11.5 Å². The monoisotopic (exact) mass is 921 g/mol. The van der Waals surface area contributed by atoms with Crippen molar-refractivity contribution in [3.63, 3.8) is 0 Å². The Morgan fingerprint density at radius 2 is 0.900 bits per heavy atom. The van der Waals surface area contributed by atoms with Gasteiger partial charge in [0.05, 0.1) is 27.5 Å². The third-order valence-corrected chi connectivity index (χ3v) is 10.8. The van der Waals surface area contributed by atoms with Gasteiger partial charge in [-0.25, -0.2) is 0 Å². The standard InChI is InChI=1S/C20H18Br8O2/c21-7-13(23)9-29-19-15(25)3-11(4-16(19)26)1-2-12-5-17(27)20(18(28)6-12)30-10-14(24)8-22/h3-6,13-14H,1-2,7-10H2. The zero-order valence-electron chi connectivity index (χ0n) is 15.5. The highest BCUT2D eigenvalue weighted by atomic mass is 79.9. The molecule has 166 valence electrons. The van der Waals surface area contributed by atoms with Crippen LogP contribution in [0.2, 0.25) is 0 Å². The summed E-state index contributed by atoms with van der Waals surface area (Å²) in [6, 6.07) is 8.48. The first-order valence-corrected chi connectivity index (χ1v) is 16.1. The van der Waals surface area contributed by atoms with Crippen LogP contribution in [0, 0.1) is 0 Å². The summed E-state index contributed by atoms with van der Waals surface area (Å²) in [6.45, 7) is 1.17. The van der Waals surface area contributed by atoms with E-state index >= 15 is 0 Å². The van der Waals surface area contributed by atoms with Gasteiger partial charge in [0.2, 0.25) is 0 Å². The first kappa shape index (κ1) is 28.1. The molecule has 0 bridgehead atoms. The van der Waals surface area contributed by atoms with Gasteiger partial charge in [0.1, 0.15) is 24.7 Å². The van der Waals surface area contributed by atoms with E-state index in [2.05, 4.69) is 152 Å². The fourth-order valence-electron chi connectivity index (χ4n) is 2.51. The molecule has 0 amide bonds. The second kappa shape index (κ2) is 14.3. The predicted molar refractivity (Wildman–Crippen MR) is 155 cm³/mol. The van der Waals surface area contributed by atoms with Crippen molar-refractivity contribution in [1.82, 2.24) is 0 Å². The summed E-state index contributed by atoms with van der Waals surface area (Å²) in [5.74, 6) is 1.65. The van der Waals surface area contributed by atoms with E-state index in [1.165, 1.54) is 11.1 Å². The van der Waals surface area contributed by atoms with Crippen molar-refractivity contribution in [1.29, 1.82) is 0 Å². The quantitative estimate of drug-likeness (QED) is 0.209. The van der Waals surface area contributed by atoms with E-state index < -0.39 is 0 Å². The summed E-state index contributed by atoms with van der Waals surface area (Å²) in [5, 5.41) is 1.67. The van der Waals surface area contributed by atoms with Crippen molar-refractivity contribution in [3.05, 3.63) is 53.3 Å². The Labute approximate surface area is 245 Å². The summed E-state index contributed by atoms with van der Waals surface area (Å²) < 4.78 is 15.6. The largest absolute Gasteiger partial charge is 0.490 e. The van der Waals surface area contributed by atoms with E-state index in [0.717, 1.165) is 52.9 Å². The molecule has 2 aromatic rings. The highest BCUT2D eigenvalue weighted by Gasteiger charge is 2.14. The van der Waals surface area contributed by atoms with Crippen LogP contribution in [0.4, 0.5) is 0 Å². The number of ether oxygens (including phenoxy) is 2. The molecule has 0 radical (unpaired) electrons. The van der Waals surface area contributed by atoms with E-state index in [1.54, 1.807) is 0 Å². The average molecular weight is 930 g/mol. The molecular formula is C20H18Br8O2. The summed E-state index contributed by atoms with van der Waals surface area (Å²) in [5.41, 5.74) is 2.45. The van der Waals surface area contributed by atoms with Gasteiger partial charge < -0.3 is 9.47 Å². The fraction of sp³-hybridized carbons (Fsp3) is 0.400. The van der Waals surface area contributed by atoms with Crippen LogP contribution in [0.1, 0.15) is 11.1 Å². The van der Waals surface area contributed by atoms with Gasteiger partial charge in [-0.2, -0.15) is 0 Å². The Morgan fingerprint density at radius 3 is 1.17 bits per heavy atom. The Morgan fingerprint density at radius 1 is 0.600 bits per heavy atom. The van der Waals surface area contributed by atoms with E-state index in [0.29, 0.717) is 13.2 Å². The Bertz CT molecular complexity index is 730. The molecule has 0 saturated heterocycles. The summed E-state index contributed by atoms with van der Waals surface area (Å²) in [7, 11) is 0. The second-order valence-electron chi connectivity index (χ2n) is 6.40. The average Bonchev–Trinajstić information content (AvgIpc) is 2.70. The third kappa shape index (κ3) is 8.91. The minimum atomic E-state index is 0.264. The molecule has 2 unspecified atom stereocenters. The van der Waals surface area contributed by atoms with Gasteiger partial charge in [-0.1, -0.05) is 63.7 Å². The van der Waals surface area contributed by atoms with Crippen LogP contribution in [-0.2, 0) is 12.8 Å². The highest BCUT2D eigenvalue weighted by molar-refractivity contribution is 9.12. The van der Waals surface area contributed by atoms with Crippen LogP contribution in [0.25, 0.3) is 0 Å². The molecule has 0 aliphatic carbocycles. The molecule has 0 aromatic heterocycles. The van der Waals surface area contributed by atoms with Gasteiger partial charge in [-0.15, -0.1) is 0 Å². The van der Waals surface area contributed by atoms with Crippen molar-refractivity contribution in [2.75, 3.05) is 23.9 Å². The molecule has 10 heteroatoms. The van der Waals surface area contributed by atoms with Crippen LogP contribution in [0.3, 0.4) is 0 Å². The molecule has 2 rings (SSSR count). The van der Waals surface area contributed by atoms with E-state index in [-0.39, 0.29) is 9.65 Å². The summed E-state index contributed by atoms with van der Waals surface area (Å²) >= 11 is 28.6. The molecule has 0 saturated carbocycles. The van der Waals surface area contributed by atoms with Crippen molar-refractivity contribution >= 4 is 127 Å². The Balaban J connectivity index is 2.04. The van der Waals surface area contributed by atoms with E-state index in [1.807, 2.05) is 0 Å². The van der Waals surface area contributed by atoms with Crippen molar-refractivity contribution in [2.45, 2.75) is 22.5 Å². The molecule has 0 spiro atoms. The minimum Gasteiger partial charge on any atom is -0.490 e. The molecule has 0 aliphatic heterocycles. The maximum Gasteiger partial charge on any atom is 0.147 e.